The highest BCUT2D eigenvalue weighted by Gasteiger charge is 2.43. The first kappa shape index (κ1) is 20.5. The summed E-state index contributed by atoms with van der Waals surface area (Å²) in [7, 11) is 0. The average molecular weight is 442 g/mol. The summed E-state index contributed by atoms with van der Waals surface area (Å²) in [5, 5.41) is 5.42. The van der Waals surface area contributed by atoms with E-state index in [4.69, 9.17) is 17.0 Å². The number of carbonyl (C=O) groups excluding carboxylic acids is 1. The van der Waals surface area contributed by atoms with Gasteiger partial charge in [0.25, 0.3) is 5.91 Å². The molecule has 0 saturated carbocycles. The molecule has 6 nitrogen and oxygen atoms in total. The maximum atomic E-state index is 13.1. The van der Waals surface area contributed by atoms with Gasteiger partial charge in [-0.1, -0.05) is 36.4 Å². The first-order chi connectivity index (χ1) is 14.9. The van der Waals surface area contributed by atoms with Crippen molar-refractivity contribution in [2.24, 2.45) is 0 Å². The van der Waals surface area contributed by atoms with E-state index in [0.29, 0.717) is 18.0 Å². The smallest absolute Gasteiger partial charge is 0.489 e. The molecule has 0 atom stereocenters. The molecular weight excluding hydrogens is 426 g/mol. The minimum atomic E-state index is -3.75. The van der Waals surface area contributed by atoms with E-state index in [0.717, 1.165) is 11.6 Å². The number of alkyl halides is 2. The van der Waals surface area contributed by atoms with Crippen LogP contribution in [0.15, 0.2) is 72.8 Å². The lowest BCUT2D eigenvalue weighted by Gasteiger charge is -2.12. The van der Waals surface area contributed by atoms with Gasteiger partial charge in [-0.15, -0.1) is 8.78 Å². The van der Waals surface area contributed by atoms with Gasteiger partial charge in [0.1, 0.15) is 12.4 Å². The summed E-state index contributed by atoms with van der Waals surface area (Å²) in [4.78, 5) is 12.4. The van der Waals surface area contributed by atoms with Gasteiger partial charge >= 0.3 is 6.29 Å². The molecule has 3 aromatic carbocycles. The second kappa shape index (κ2) is 8.57. The van der Waals surface area contributed by atoms with Crippen molar-refractivity contribution in [3.05, 3.63) is 83.9 Å². The third-order valence-corrected chi connectivity index (χ3v) is 4.43. The summed E-state index contributed by atoms with van der Waals surface area (Å²) in [6.45, 7) is 0.411. The van der Waals surface area contributed by atoms with Gasteiger partial charge in [-0.25, -0.2) is 0 Å². The Morgan fingerprint density at radius 1 is 0.968 bits per heavy atom. The van der Waals surface area contributed by atoms with Gasteiger partial charge in [0.15, 0.2) is 16.6 Å². The number of anilines is 1. The first-order valence-electron chi connectivity index (χ1n) is 9.17. The number of benzene rings is 3. The van der Waals surface area contributed by atoms with Gasteiger partial charge in [0.05, 0.1) is 0 Å². The molecule has 0 aromatic heterocycles. The fourth-order valence-electron chi connectivity index (χ4n) is 2.83. The molecule has 1 aliphatic heterocycles. The molecule has 31 heavy (non-hydrogen) atoms. The third kappa shape index (κ3) is 5.26. The van der Waals surface area contributed by atoms with Crippen molar-refractivity contribution in [1.82, 2.24) is 5.32 Å². The molecule has 0 spiro atoms. The van der Waals surface area contributed by atoms with Crippen molar-refractivity contribution in [1.29, 1.82) is 0 Å². The summed E-state index contributed by atoms with van der Waals surface area (Å²) in [6, 6.07) is 20.5. The van der Waals surface area contributed by atoms with Crippen molar-refractivity contribution in [2.75, 3.05) is 5.32 Å². The Bertz CT molecular complexity index is 1130. The minimum Gasteiger partial charge on any atom is -0.489 e. The molecule has 4 rings (SSSR count). The predicted octanol–water partition coefficient (Wildman–Crippen LogP) is 4.71. The Labute approximate surface area is 181 Å². The standard InChI is InChI=1S/C22H16F2N2O4S/c23-22(24)29-18-10-9-15(11-19(18)30-22)20(27)26-21(31)25-16-7-4-8-17(12-16)28-13-14-5-2-1-3-6-14/h1-12H,13H2,(H2,25,26,27,31). The highest BCUT2D eigenvalue weighted by atomic mass is 32.1. The van der Waals surface area contributed by atoms with E-state index in [1.807, 2.05) is 30.3 Å². The van der Waals surface area contributed by atoms with Crippen LogP contribution >= 0.6 is 12.2 Å². The fourth-order valence-corrected chi connectivity index (χ4v) is 3.04. The number of thiocarbonyl (C=S) groups is 1. The summed E-state index contributed by atoms with van der Waals surface area (Å²) >= 11 is 5.17. The molecular formula is C22H16F2N2O4S. The van der Waals surface area contributed by atoms with Gasteiger partial charge in [0.2, 0.25) is 0 Å². The van der Waals surface area contributed by atoms with Gasteiger partial charge < -0.3 is 19.5 Å². The number of ether oxygens (including phenoxy) is 3. The number of fused-ring (bicyclic) bond motifs is 1. The number of hydrogen-bond acceptors (Lipinski definition) is 5. The van der Waals surface area contributed by atoms with E-state index in [2.05, 4.69) is 20.1 Å². The van der Waals surface area contributed by atoms with Crippen LogP contribution in [0, 0.1) is 0 Å². The van der Waals surface area contributed by atoms with Gasteiger partial charge in [-0.05, 0) is 48.1 Å². The molecule has 9 heteroatoms. The maximum absolute atomic E-state index is 13.1. The quantitative estimate of drug-likeness (QED) is 0.558. The molecule has 0 aliphatic carbocycles. The Hall–Kier alpha value is -3.72. The second-order valence-corrected chi connectivity index (χ2v) is 6.95. The molecule has 0 radical (unpaired) electrons. The van der Waals surface area contributed by atoms with Crippen molar-refractivity contribution in [3.8, 4) is 17.2 Å². The molecule has 158 valence electrons. The summed E-state index contributed by atoms with van der Waals surface area (Å²) < 4.78 is 40.7. The van der Waals surface area contributed by atoms with Crippen LogP contribution in [0.3, 0.4) is 0 Å². The molecule has 3 aromatic rings. The lowest BCUT2D eigenvalue weighted by molar-refractivity contribution is -0.286. The molecule has 2 N–H and O–H groups in total. The Morgan fingerprint density at radius 2 is 1.74 bits per heavy atom. The van der Waals surface area contributed by atoms with Crippen LogP contribution in [0.25, 0.3) is 0 Å². The van der Waals surface area contributed by atoms with Crippen LogP contribution in [0.4, 0.5) is 14.5 Å². The number of hydrogen-bond donors (Lipinski definition) is 2. The molecule has 0 saturated heterocycles. The zero-order valence-corrected chi connectivity index (χ0v) is 16.7. The summed E-state index contributed by atoms with van der Waals surface area (Å²) in [6.07, 6.45) is -3.75. The maximum Gasteiger partial charge on any atom is 0.586 e. The van der Waals surface area contributed by atoms with Crippen molar-refractivity contribution in [3.63, 3.8) is 0 Å². The molecule has 0 unspecified atom stereocenters. The van der Waals surface area contributed by atoms with Crippen LogP contribution in [0.1, 0.15) is 15.9 Å². The van der Waals surface area contributed by atoms with Gasteiger partial charge in [-0.3, -0.25) is 10.1 Å². The number of carbonyl (C=O) groups is 1. The zero-order valence-electron chi connectivity index (χ0n) is 15.9. The third-order valence-electron chi connectivity index (χ3n) is 4.23. The van der Waals surface area contributed by atoms with Gasteiger partial charge in [0, 0.05) is 17.3 Å². The molecule has 1 heterocycles. The van der Waals surface area contributed by atoms with Crippen molar-refractivity contribution in [2.45, 2.75) is 12.9 Å². The van der Waals surface area contributed by atoms with Crippen LogP contribution in [-0.2, 0) is 6.61 Å². The van der Waals surface area contributed by atoms with E-state index in [-0.39, 0.29) is 22.2 Å². The lowest BCUT2D eigenvalue weighted by Crippen LogP contribution is -2.34. The predicted molar refractivity (Wildman–Crippen MR) is 114 cm³/mol. The van der Waals surface area contributed by atoms with Crippen molar-refractivity contribution < 1.29 is 27.8 Å². The van der Waals surface area contributed by atoms with Gasteiger partial charge in [-0.2, -0.15) is 0 Å². The van der Waals surface area contributed by atoms with E-state index >= 15 is 0 Å². The highest BCUT2D eigenvalue weighted by molar-refractivity contribution is 7.80. The number of halogens is 2. The van der Waals surface area contributed by atoms with E-state index in [9.17, 15) is 13.6 Å². The lowest BCUT2D eigenvalue weighted by atomic mass is 10.2. The molecule has 0 fully saturated rings. The highest BCUT2D eigenvalue weighted by Crippen LogP contribution is 2.41. The SMILES string of the molecule is O=C(NC(=S)Nc1cccc(OCc2ccccc2)c1)c1ccc2c(c1)OC(F)(F)O2. The topological polar surface area (TPSA) is 68.8 Å². The summed E-state index contributed by atoms with van der Waals surface area (Å²) in [5.41, 5.74) is 1.73. The normalized spacial score (nSPS) is 13.4. The number of rotatable bonds is 5. The van der Waals surface area contributed by atoms with Crippen LogP contribution < -0.4 is 24.8 Å². The summed E-state index contributed by atoms with van der Waals surface area (Å²) in [5.74, 6) is -0.329. The number of nitrogens with one attached hydrogen (secondary N) is 2. The van der Waals surface area contributed by atoms with Crippen LogP contribution in [0.5, 0.6) is 17.2 Å². The Balaban J connectivity index is 1.34. The number of amides is 1. The first-order valence-corrected chi connectivity index (χ1v) is 9.58. The Kier molecular flexibility index (Phi) is 5.68. The van der Waals surface area contributed by atoms with Crippen LogP contribution in [0.2, 0.25) is 0 Å². The molecule has 1 amide bonds. The fraction of sp³-hybridized carbons (Fsp3) is 0.0909. The zero-order chi connectivity index (χ0) is 21.8. The van der Waals surface area contributed by atoms with Crippen LogP contribution in [-0.4, -0.2) is 17.3 Å². The van der Waals surface area contributed by atoms with Crippen molar-refractivity contribution >= 4 is 28.9 Å². The Morgan fingerprint density at radius 3 is 2.55 bits per heavy atom. The minimum absolute atomic E-state index is 0.0354. The van der Waals surface area contributed by atoms with E-state index < -0.39 is 12.2 Å². The largest absolute Gasteiger partial charge is 0.586 e. The molecule has 1 aliphatic rings. The second-order valence-electron chi connectivity index (χ2n) is 6.54. The average Bonchev–Trinajstić information content (AvgIpc) is 3.06. The van der Waals surface area contributed by atoms with E-state index in [1.165, 1.54) is 12.1 Å². The van der Waals surface area contributed by atoms with E-state index in [1.54, 1.807) is 24.3 Å². The monoisotopic (exact) mass is 442 g/mol. The molecule has 0 bridgehead atoms.